The minimum Gasteiger partial charge on any atom is -0.496 e. The average molecular weight is 315 g/mol. The highest BCUT2D eigenvalue weighted by Crippen LogP contribution is 2.36. The van der Waals surface area contributed by atoms with E-state index in [4.69, 9.17) is 9.84 Å². The van der Waals surface area contributed by atoms with Gasteiger partial charge in [-0.05, 0) is 12.1 Å². The number of methoxy groups -OCH3 is 1. The lowest BCUT2D eigenvalue weighted by Gasteiger charge is -2.26. The van der Waals surface area contributed by atoms with Crippen molar-refractivity contribution in [2.45, 2.75) is 25.7 Å². The zero-order chi connectivity index (χ0) is 13.9. The number of benzene rings is 1. The summed E-state index contributed by atoms with van der Waals surface area (Å²) in [4.78, 5) is 22.0. The van der Waals surface area contributed by atoms with Crippen molar-refractivity contribution >= 4 is 27.7 Å². The number of halogens is 1. The van der Waals surface area contributed by atoms with Crippen LogP contribution in [0.5, 0.6) is 5.75 Å². The van der Waals surface area contributed by atoms with E-state index in [1.165, 1.54) is 0 Å². The van der Waals surface area contributed by atoms with Crippen LogP contribution in [-0.4, -0.2) is 24.0 Å². The van der Waals surface area contributed by atoms with Gasteiger partial charge in [-0.25, -0.2) is 4.79 Å². The van der Waals surface area contributed by atoms with Gasteiger partial charge in [-0.1, -0.05) is 35.8 Å². The Morgan fingerprint density at radius 2 is 2.00 bits per heavy atom. The van der Waals surface area contributed by atoms with Gasteiger partial charge in [-0.3, -0.25) is 4.79 Å². The normalized spacial score (nSPS) is 11.1. The Morgan fingerprint density at radius 1 is 1.39 bits per heavy atom. The van der Waals surface area contributed by atoms with E-state index in [0.717, 1.165) is 10.0 Å². The number of ether oxygens (including phenoxy) is 1. The summed E-state index contributed by atoms with van der Waals surface area (Å²) in [6.07, 6.45) is -0.0691. The van der Waals surface area contributed by atoms with E-state index in [9.17, 15) is 9.59 Å². The zero-order valence-electron chi connectivity index (χ0n) is 10.5. The summed E-state index contributed by atoms with van der Waals surface area (Å²) in [5.74, 6) is -1.57. The maximum atomic E-state index is 11.3. The molecule has 18 heavy (non-hydrogen) atoms. The molecule has 1 aromatic rings. The molecule has 1 N–H and O–H groups in total. The van der Waals surface area contributed by atoms with Crippen molar-refractivity contribution in [3.05, 3.63) is 28.2 Å². The number of carbonyl (C=O) groups excluding carboxylic acids is 1. The molecule has 0 aliphatic carbocycles. The van der Waals surface area contributed by atoms with Gasteiger partial charge in [0.2, 0.25) is 5.78 Å². The summed E-state index contributed by atoms with van der Waals surface area (Å²) in [5, 5.41) is 8.67. The van der Waals surface area contributed by atoms with Crippen molar-refractivity contribution in [1.29, 1.82) is 0 Å². The van der Waals surface area contributed by atoms with Crippen molar-refractivity contribution in [2.75, 3.05) is 7.11 Å². The number of Topliss-reactive ketones (excluding diaryl/α,β-unsaturated/α-hetero) is 1. The van der Waals surface area contributed by atoms with Crippen LogP contribution >= 0.6 is 15.9 Å². The molecular weight excluding hydrogens is 300 g/mol. The minimum absolute atomic E-state index is 0.0691. The molecule has 1 aromatic carbocycles. The van der Waals surface area contributed by atoms with Crippen molar-refractivity contribution in [1.82, 2.24) is 0 Å². The molecule has 0 fully saturated rings. The van der Waals surface area contributed by atoms with Crippen LogP contribution < -0.4 is 4.74 Å². The largest absolute Gasteiger partial charge is 0.496 e. The molecule has 0 saturated carbocycles. The molecule has 0 saturated heterocycles. The van der Waals surface area contributed by atoms with Crippen molar-refractivity contribution < 1.29 is 19.4 Å². The number of hydrogen-bond acceptors (Lipinski definition) is 3. The topological polar surface area (TPSA) is 63.6 Å². The lowest BCUT2D eigenvalue weighted by Crippen LogP contribution is -2.26. The van der Waals surface area contributed by atoms with E-state index in [2.05, 4.69) is 15.9 Å². The molecular formula is C13H15BrO4. The predicted molar refractivity (Wildman–Crippen MR) is 71.0 cm³/mol. The van der Waals surface area contributed by atoms with Gasteiger partial charge in [-0.2, -0.15) is 0 Å². The lowest BCUT2D eigenvalue weighted by molar-refractivity contribution is -0.149. The van der Waals surface area contributed by atoms with Gasteiger partial charge in [-0.15, -0.1) is 0 Å². The minimum atomic E-state index is -1.40. The standard InChI is InChI=1S/C13H15BrO4/c1-13(2,7-10(15)12(16)17)9-5-4-8(14)6-11(9)18-3/h4-6H,7H2,1-3H3,(H,16,17). The van der Waals surface area contributed by atoms with Crippen molar-refractivity contribution in [3.8, 4) is 5.75 Å². The molecule has 0 heterocycles. The number of aliphatic carboxylic acids is 1. The summed E-state index contributed by atoms with van der Waals surface area (Å²) in [6, 6.07) is 5.46. The Labute approximate surface area is 114 Å². The second-order valence-corrected chi connectivity index (χ2v) is 5.55. The lowest BCUT2D eigenvalue weighted by atomic mass is 9.79. The molecule has 5 heteroatoms. The third kappa shape index (κ3) is 3.32. The maximum Gasteiger partial charge on any atom is 0.372 e. The second-order valence-electron chi connectivity index (χ2n) is 4.63. The first kappa shape index (κ1) is 14.7. The Morgan fingerprint density at radius 3 is 2.50 bits per heavy atom. The fraction of sp³-hybridized carbons (Fsp3) is 0.385. The van der Waals surface area contributed by atoms with Gasteiger partial charge in [0.15, 0.2) is 0 Å². The third-order valence-corrected chi connectivity index (χ3v) is 3.23. The zero-order valence-corrected chi connectivity index (χ0v) is 12.1. The monoisotopic (exact) mass is 314 g/mol. The summed E-state index contributed by atoms with van der Waals surface area (Å²) in [5.41, 5.74) is 0.212. The number of carboxylic acid groups (broad SMARTS) is 1. The summed E-state index contributed by atoms with van der Waals surface area (Å²) in [6.45, 7) is 3.64. The summed E-state index contributed by atoms with van der Waals surface area (Å²) in [7, 11) is 1.54. The highest BCUT2D eigenvalue weighted by atomic mass is 79.9. The molecule has 0 aromatic heterocycles. The maximum absolute atomic E-state index is 11.3. The van der Waals surface area contributed by atoms with E-state index in [0.29, 0.717) is 5.75 Å². The van der Waals surface area contributed by atoms with Crippen LogP contribution in [-0.2, 0) is 15.0 Å². The fourth-order valence-electron chi connectivity index (χ4n) is 1.80. The Balaban J connectivity index is 3.11. The van der Waals surface area contributed by atoms with E-state index in [-0.39, 0.29) is 6.42 Å². The summed E-state index contributed by atoms with van der Waals surface area (Å²) < 4.78 is 6.13. The predicted octanol–water partition coefficient (Wildman–Crippen LogP) is 2.78. The average Bonchev–Trinajstić information content (AvgIpc) is 2.27. The number of carbonyl (C=O) groups is 2. The van der Waals surface area contributed by atoms with Gasteiger partial charge in [0, 0.05) is 21.9 Å². The van der Waals surface area contributed by atoms with Crippen molar-refractivity contribution in [2.24, 2.45) is 0 Å². The van der Waals surface area contributed by atoms with Crippen molar-refractivity contribution in [3.63, 3.8) is 0 Å². The molecule has 0 aliphatic heterocycles. The molecule has 0 aliphatic rings. The molecule has 0 radical (unpaired) electrons. The summed E-state index contributed by atoms with van der Waals surface area (Å²) >= 11 is 3.34. The Hall–Kier alpha value is -1.36. The van der Waals surface area contributed by atoms with E-state index >= 15 is 0 Å². The van der Waals surface area contributed by atoms with Crippen LogP contribution in [0.15, 0.2) is 22.7 Å². The smallest absolute Gasteiger partial charge is 0.372 e. The van der Waals surface area contributed by atoms with Gasteiger partial charge < -0.3 is 9.84 Å². The number of hydrogen-bond donors (Lipinski definition) is 1. The van der Waals surface area contributed by atoms with Crippen LogP contribution in [0.4, 0.5) is 0 Å². The van der Waals surface area contributed by atoms with Crippen LogP contribution in [0.25, 0.3) is 0 Å². The molecule has 98 valence electrons. The molecule has 1 rings (SSSR count). The molecule has 0 unspecified atom stereocenters. The van der Waals surface area contributed by atoms with Crippen LogP contribution in [0.3, 0.4) is 0 Å². The van der Waals surface area contributed by atoms with E-state index < -0.39 is 17.2 Å². The molecule has 0 atom stereocenters. The van der Waals surface area contributed by atoms with E-state index in [1.807, 2.05) is 26.0 Å². The highest BCUT2D eigenvalue weighted by Gasteiger charge is 2.30. The number of ketones is 1. The third-order valence-electron chi connectivity index (χ3n) is 2.73. The Kier molecular flexibility index (Phi) is 4.51. The van der Waals surface area contributed by atoms with Crippen LogP contribution in [0, 0.1) is 0 Å². The fourth-order valence-corrected chi connectivity index (χ4v) is 2.14. The number of carboxylic acids is 1. The van der Waals surface area contributed by atoms with Crippen LogP contribution in [0.2, 0.25) is 0 Å². The van der Waals surface area contributed by atoms with Gasteiger partial charge >= 0.3 is 5.97 Å². The highest BCUT2D eigenvalue weighted by molar-refractivity contribution is 9.10. The second kappa shape index (κ2) is 5.52. The quantitative estimate of drug-likeness (QED) is 0.849. The van der Waals surface area contributed by atoms with E-state index in [1.54, 1.807) is 13.2 Å². The Bertz CT molecular complexity index is 480. The van der Waals surface area contributed by atoms with Gasteiger partial charge in [0.1, 0.15) is 5.75 Å². The molecule has 0 spiro atoms. The number of rotatable bonds is 5. The van der Waals surface area contributed by atoms with Gasteiger partial charge in [0.25, 0.3) is 0 Å². The first-order valence-electron chi connectivity index (χ1n) is 5.38. The first-order chi connectivity index (χ1) is 8.27. The molecule has 0 amide bonds. The molecule has 0 bridgehead atoms. The SMILES string of the molecule is COc1cc(Br)ccc1C(C)(C)CC(=O)C(=O)O. The van der Waals surface area contributed by atoms with Crippen LogP contribution in [0.1, 0.15) is 25.8 Å². The molecule has 4 nitrogen and oxygen atoms in total. The van der Waals surface area contributed by atoms with Gasteiger partial charge in [0.05, 0.1) is 7.11 Å². The first-order valence-corrected chi connectivity index (χ1v) is 6.17.